The van der Waals surface area contributed by atoms with E-state index in [1.807, 2.05) is 44.2 Å². The summed E-state index contributed by atoms with van der Waals surface area (Å²) in [6, 6.07) is 13.0. The van der Waals surface area contributed by atoms with Gasteiger partial charge in [0.25, 0.3) is 5.91 Å². The van der Waals surface area contributed by atoms with Crippen LogP contribution in [-0.2, 0) is 14.3 Å². The van der Waals surface area contributed by atoms with Gasteiger partial charge < -0.3 is 9.47 Å². The molecule has 0 aromatic heterocycles. The molecule has 0 aliphatic carbocycles. The van der Waals surface area contributed by atoms with Crippen LogP contribution in [0.4, 0.5) is 5.69 Å². The summed E-state index contributed by atoms with van der Waals surface area (Å²) >= 11 is 6.72. The van der Waals surface area contributed by atoms with Crippen molar-refractivity contribution in [2.24, 2.45) is 0 Å². The Kier molecular flexibility index (Phi) is 6.16. The Balaban J connectivity index is 1.77. The third kappa shape index (κ3) is 4.43. The first kappa shape index (κ1) is 20.1. The Morgan fingerprint density at radius 2 is 1.89 bits per heavy atom. The van der Waals surface area contributed by atoms with Gasteiger partial charge in [-0.2, -0.15) is 0 Å². The van der Waals surface area contributed by atoms with E-state index in [-0.39, 0.29) is 12.5 Å². The zero-order valence-electron chi connectivity index (χ0n) is 15.7. The van der Waals surface area contributed by atoms with E-state index in [0.717, 1.165) is 22.4 Å². The second-order valence-corrected chi connectivity index (χ2v) is 7.92. The molecule has 0 bridgehead atoms. The lowest BCUT2D eigenvalue weighted by Crippen LogP contribution is -2.28. The topological polar surface area (TPSA) is 55.8 Å². The van der Waals surface area contributed by atoms with E-state index >= 15 is 0 Å². The highest BCUT2D eigenvalue weighted by molar-refractivity contribution is 8.27. The molecule has 28 heavy (non-hydrogen) atoms. The maximum absolute atomic E-state index is 12.9. The number of hydrogen-bond acceptors (Lipinski definition) is 6. The van der Waals surface area contributed by atoms with Crippen LogP contribution in [0.3, 0.4) is 0 Å². The lowest BCUT2D eigenvalue weighted by Gasteiger charge is -2.17. The van der Waals surface area contributed by atoms with E-state index in [1.165, 1.54) is 18.9 Å². The molecule has 1 saturated heterocycles. The first-order chi connectivity index (χ1) is 13.4. The lowest BCUT2D eigenvalue weighted by atomic mass is 10.1. The van der Waals surface area contributed by atoms with E-state index in [9.17, 15) is 9.59 Å². The number of anilines is 1. The Morgan fingerprint density at radius 3 is 2.54 bits per heavy atom. The molecule has 0 atom stereocenters. The first-order valence-corrected chi connectivity index (χ1v) is 9.76. The van der Waals surface area contributed by atoms with Crippen LogP contribution in [0.15, 0.2) is 47.4 Å². The van der Waals surface area contributed by atoms with E-state index in [4.69, 9.17) is 17.0 Å². The standard InChI is InChI=1S/C21H19NO4S2/c1-13-4-9-17(14(2)10-13)22-20(24)18(28-21(22)27)11-15-5-7-16(8-6-15)26-12-19(23)25-3/h4-11H,12H2,1-3H3/b18-11+. The molecule has 2 aromatic rings. The number of aryl methyl sites for hydroxylation is 2. The summed E-state index contributed by atoms with van der Waals surface area (Å²) in [7, 11) is 1.31. The van der Waals surface area contributed by atoms with Crippen molar-refractivity contribution in [1.82, 2.24) is 0 Å². The molecule has 1 aliphatic rings. The van der Waals surface area contributed by atoms with Crippen LogP contribution in [0.1, 0.15) is 16.7 Å². The minimum Gasteiger partial charge on any atom is -0.482 e. The number of carbonyl (C=O) groups is 2. The van der Waals surface area contributed by atoms with Crippen LogP contribution in [0.5, 0.6) is 5.75 Å². The SMILES string of the molecule is COC(=O)COc1ccc(/C=C2/SC(=S)N(c3ccc(C)cc3C)C2=O)cc1. The van der Waals surface area contributed by atoms with Gasteiger partial charge in [0, 0.05) is 0 Å². The number of hydrogen-bond donors (Lipinski definition) is 0. The summed E-state index contributed by atoms with van der Waals surface area (Å²) in [5.41, 5.74) is 3.79. The Bertz CT molecular complexity index is 967. The van der Waals surface area contributed by atoms with Gasteiger partial charge in [-0.25, -0.2) is 4.79 Å². The van der Waals surface area contributed by atoms with Crippen LogP contribution in [0.25, 0.3) is 6.08 Å². The van der Waals surface area contributed by atoms with Gasteiger partial charge in [0.05, 0.1) is 17.7 Å². The van der Waals surface area contributed by atoms with Gasteiger partial charge in [0.15, 0.2) is 10.9 Å². The molecule has 3 rings (SSSR count). The van der Waals surface area contributed by atoms with Crippen molar-refractivity contribution in [3.8, 4) is 5.75 Å². The Hall–Kier alpha value is -2.64. The molecule has 5 nitrogen and oxygen atoms in total. The minimum absolute atomic E-state index is 0.132. The van der Waals surface area contributed by atoms with E-state index in [2.05, 4.69) is 4.74 Å². The molecule has 0 N–H and O–H groups in total. The smallest absolute Gasteiger partial charge is 0.343 e. The summed E-state index contributed by atoms with van der Waals surface area (Å²) in [4.78, 5) is 26.2. The molecule has 1 amide bonds. The summed E-state index contributed by atoms with van der Waals surface area (Å²) in [5, 5.41) is 0. The number of nitrogens with zero attached hydrogens (tertiary/aromatic N) is 1. The fourth-order valence-corrected chi connectivity index (χ4v) is 4.03. The van der Waals surface area contributed by atoms with E-state index < -0.39 is 5.97 Å². The minimum atomic E-state index is -0.445. The molecule has 0 radical (unpaired) electrons. The number of benzene rings is 2. The van der Waals surface area contributed by atoms with Gasteiger partial charge in [0.1, 0.15) is 5.75 Å². The summed E-state index contributed by atoms with van der Waals surface area (Å²) in [5.74, 6) is -0.0301. The highest BCUT2D eigenvalue weighted by atomic mass is 32.2. The number of thiocarbonyl (C=S) groups is 1. The number of rotatable bonds is 5. The molecule has 1 fully saturated rings. The van der Waals surface area contributed by atoms with Crippen LogP contribution < -0.4 is 9.64 Å². The van der Waals surface area contributed by atoms with E-state index in [1.54, 1.807) is 23.1 Å². The van der Waals surface area contributed by atoms with Crippen molar-refractivity contribution in [3.05, 3.63) is 64.1 Å². The van der Waals surface area contributed by atoms with Crippen molar-refractivity contribution in [1.29, 1.82) is 0 Å². The van der Waals surface area contributed by atoms with Crippen molar-refractivity contribution in [2.45, 2.75) is 13.8 Å². The van der Waals surface area contributed by atoms with Crippen LogP contribution in [0, 0.1) is 13.8 Å². The largest absolute Gasteiger partial charge is 0.482 e. The first-order valence-electron chi connectivity index (χ1n) is 8.54. The zero-order valence-corrected chi connectivity index (χ0v) is 17.4. The second kappa shape index (κ2) is 8.58. The number of amides is 1. The Morgan fingerprint density at radius 1 is 1.18 bits per heavy atom. The van der Waals surface area contributed by atoms with Gasteiger partial charge >= 0.3 is 5.97 Å². The summed E-state index contributed by atoms with van der Waals surface area (Å²) < 4.78 is 10.4. The van der Waals surface area contributed by atoms with Crippen LogP contribution in [0.2, 0.25) is 0 Å². The highest BCUT2D eigenvalue weighted by Gasteiger charge is 2.34. The van der Waals surface area contributed by atoms with Crippen molar-refractivity contribution in [2.75, 3.05) is 18.6 Å². The normalized spacial score (nSPS) is 15.2. The fraction of sp³-hybridized carbons (Fsp3) is 0.190. The molecule has 144 valence electrons. The summed E-state index contributed by atoms with van der Waals surface area (Å²) in [6.07, 6.45) is 1.80. The van der Waals surface area contributed by atoms with Gasteiger partial charge in [-0.15, -0.1) is 0 Å². The average molecular weight is 414 g/mol. The second-order valence-electron chi connectivity index (χ2n) is 6.24. The fourth-order valence-electron chi connectivity index (χ4n) is 2.74. The monoisotopic (exact) mass is 413 g/mol. The lowest BCUT2D eigenvalue weighted by molar-refractivity contribution is -0.142. The molecule has 2 aromatic carbocycles. The van der Waals surface area contributed by atoms with Crippen molar-refractivity contribution >= 4 is 51.9 Å². The third-order valence-electron chi connectivity index (χ3n) is 4.15. The van der Waals surface area contributed by atoms with Gasteiger partial charge in [-0.1, -0.05) is 53.8 Å². The molecule has 0 unspecified atom stereocenters. The predicted molar refractivity (Wildman–Crippen MR) is 116 cm³/mol. The molecular formula is C21H19NO4S2. The van der Waals surface area contributed by atoms with Crippen molar-refractivity contribution in [3.63, 3.8) is 0 Å². The Labute approximate surface area is 173 Å². The predicted octanol–water partition coefficient (Wildman–Crippen LogP) is 4.26. The van der Waals surface area contributed by atoms with Crippen molar-refractivity contribution < 1.29 is 19.1 Å². The third-order valence-corrected chi connectivity index (χ3v) is 5.45. The number of ether oxygens (including phenoxy) is 2. The molecular weight excluding hydrogens is 394 g/mol. The number of esters is 1. The quantitative estimate of drug-likeness (QED) is 0.415. The van der Waals surface area contributed by atoms with E-state index in [0.29, 0.717) is 15.0 Å². The van der Waals surface area contributed by atoms with Gasteiger partial charge in [-0.05, 0) is 49.2 Å². The maximum Gasteiger partial charge on any atom is 0.343 e. The average Bonchev–Trinajstić information content (AvgIpc) is 2.94. The number of carbonyl (C=O) groups excluding carboxylic acids is 2. The van der Waals surface area contributed by atoms with Gasteiger partial charge in [0.2, 0.25) is 0 Å². The number of thioether (sulfide) groups is 1. The maximum atomic E-state index is 12.9. The molecule has 1 heterocycles. The van der Waals surface area contributed by atoms with Crippen LogP contribution >= 0.6 is 24.0 Å². The molecule has 0 spiro atoms. The number of methoxy groups -OCH3 is 1. The molecule has 7 heteroatoms. The van der Waals surface area contributed by atoms with Crippen LogP contribution in [-0.4, -0.2) is 29.9 Å². The zero-order chi connectivity index (χ0) is 20.3. The molecule has 0 saturated carbocycles. The highest BCUT2D eigenvalue weighted by Crippen LogP contribution is 2.37. The molecule has 1 aliphatic heterocycles. The van der Waals surface area contributed by atoms with Gasteiger partial charge in [-0.3, -0.25) is 9.69 Å². The summed E-state index contributed by atoms with van der Waals surface area (Å²) in [6.45, 7) is 3.83.